The number of hydrogen-bond donors (Lipinski definition) is 2. The van der Waals surface area contributed by atoms with E-state index < -0.39 is 0 Å². The number of ether oxygens (including phenoxy) is 1. The Kier molecular flexibility index (Phi) is 7.47. The average molecular weight is 326 g/mol. The Morgan fingerprint density at radius 3 is 2.38 bits per heavy atom. The van der Waals surface area contributed by atoms with Crippen molar-refractivity contribution in [2.75, 3.05) is 30.3 Å². The van der Waals surface area contributed by atoms with Gasteiger partial charge < -0.3 is 15.4 Å². The van der Waals surface area contributed by atoms with E-state index in [0.717, 1.165) is 50.4 Å². The molecule has 0 spiro atoms. The molecule has 0 atom stereocenters. The molecule has 0 aliphatic rings. The minimum absolute atomic E-state index is 0.795. The highest BCUT2D eigenvalue weighted by Crippen LogP contribution is 2.21. The van der Waals surface area contributed by atoms with Crippen molar-refractivity contribution in [3.8, 4) is 5.75 Å². The fraction of sp³-hybridized carbons (Fsp3) is 0.429. The van der Waals surface area contributed by atoms with Gasteiger partial charge in [-0.2, -0.15) is 0 Å². The predicted octanol–water partition coefficient (Wildman–Crippen LogP) is 5.26. The van der Waals surface area contributed by atoms with Gasteiger partial charge in [0.25, 0.3) is 0 Å². The van der Waals surface area contributed by atoms with Gasteiger partial charge in [0.1, 0.15) is 5.75 Å². The molecule has 0 saturated carbocycles. The summed E-state index contributed by atoms with van der Waals surface area (Å²) in [5.74, 6) is 0.944. The summed E-state index contributed by atoms with van der Waals surface area (Å²) >= 11 is 0. The van der Waals surface area contributed by atoms with Crippen LogP contribution >= 0.6 is 0 Å². The number of nitrogens with one attached hydrogen (secondary N) is 2. The Morgan fingerprint density at radius 1 is 0.917 bits per heavy atom. The highest BCUT2D eigenvalue weighted by molar-refractivity contribution is 5.57. The summed E-state index contributed by atoms with van der Waals surface area (Å²) < 4.78 is 5.68. The van der Waals surface area contributed by atoms with E-state index in [4.69, 9.17) is 4.74 Å². The quantitative estimate of drug-likeness (QED) is 0.584. The van der Waals surface area contributed by atoms with Gasteiger partial charge in [0.2, 0.25) is 0 Å². The van der Waals surface area contributed by atoms with Crippen LogP contribution in [-0.4, -0.2) is 19.7 Å². The van der Waals surface area contributed by atoms with Crippen molar-refractivity contribution in [3.63, 3.8) is 0 Å². The van der Waals surface area contributed by atoms with E-state index >= 15 is 0 Å². The van der Waals surface area contributed by atoms with E-state index in [0.29, 0.717) is 0 Å². The lowest BCUT2D eigenvalue weighted by Crippen LogP contribution is -2.15. The number of rotatable bonds is 10. The molecule has 0 heterocycles. The Bertz CT molecular complexity index is 608. The van der Waals surface area contributed by atoms with Gasteiger partial charge >= 0.3 is 0 Å². The molecular formula is C21H30N2O. The third-order valence-corrected chi connectivity index (χ3v) is 4.12. The number of para-hydroxylation sites is 1. The Balaban J connectivity index is 1.76. The molecule has 0 radical (unpaired) electrons. The van der Waals surface area contributed by atoms with Gasteiger partial charge in [-0.25, -0.2) is 0 Å². The van der Waals surface area contributed by atoms with Crippen molar-refractivity contribution in [1.82, 2.24) is 0 Å². The van der Waals surface area contributed by atoms with Crippen LogP contribution in [0.3, 0.4) is 0 Å². The fourth-order valence-corrected chi connectivity index (χ4v) is 2.67. The SMILES string of the molecule is CCCCOc1ccc(NCCNc2c(C)cccc2CC)cc1. The van der Waals surface area contributed by atoms with Crippen LogP contribution in [0.2, 0.25) is 0 Å². The molecule has 0 saturated heterocycles. The van der Waals surface area contributed by atoms with E-state index in [9.17, 15) is 0 Å². The maximum Gasteiger partial charge on any atom is 0.119 e. The molecular weight excluding hydrogens is 296 g/mol. The molecule has 2 aromatic rings. The number of aryl methyl sites for hydroxylation is 2. The fourth-order valence-electron chi connectivity index (χ4n) is 2.67. The molecule has 3 nitrogen and oxygen atoms in total. The first-order valence-corrected chi connectivity index (χ1v) is 9.03. The third kappa shape index (κ3) is 5.48. The molecule has 2 N–H and O–H groups in total. The van der Waals surface area contributed by atoms with Crippen molar-refractivity contribution >= 4 is 11.4 Å². The van der Waals surface area contributed by atoms with Gasteiger partial charge in [0, 0.05) is 24.5 Å². The summed E-state index contributed by atoms with van der Waals surface area (Å²) in [5, 5.41) is 7.01. The van der Waals surface area contributed by atoms with Crippen LogP contribution < -0.4 is 15.4 Å². The van der Waals surface area contributed by atoms with Crippen LogP contribution in [0, 0.1) is 6.92 Å². The lowest BCUT2D eigenvalue weighted by molar-refractivity contribution is 0.309. The number of anilines is 2. The minimum atomic E-state index is 0.795. The van der Waals surface area contributed by atoms with E-state index in [2.05, 4.69) is 61.7 Å². The van der Waals surface area contributed by atoms with Crippen LogP contribution in [0.15, 0.2) is 42.5 Å². The van der Waals surface area contributed by atoms with Crippen LogP contribution in [0.25, 0.3) is 0 Å². The monoisotopic (exact) mass is 326 g/mol. The zero-order chi connectivity index (χ0) is 17.2. The van der Waals surface area contributed by atoms with E-state index in [1.165, 1.54) is 16.8 Å². The highest BCUT2D eigenvalue weighted by Gasteiger charge is 2.03. The maximum atomic E-state index is 5.68. The molecule has 0 amide bonds. The topological polar surface area (TPSA) is 33.3 Å². The van der Waals surface area contributed by atoms with Gasteiger partial charge in [-0.05, 0) is 55.2 Å². The van der Waals surface area contributed by atoms with Gasteiger partial charge in [-0.3, -0.25) is 0 Å². The summed E-state index contributed by atoms with van der Waals surface area (Å²) in [7, 11) is 0. The molecule has 0 unspecified atom stereocenters. The minimum Gasteiger partial charge on any atom is -0.494 e. The standard InChI is InChI=1S/C21H30N2O/c1-4-6-16-24-20-12-10-19(11-13-20)22-14-15-23-21-17(3)8-7-9-18(21)5-2/h7-13,22-23H,4-6,14-16H2,1-3H3. The summed E-state index contributed by atoms with van der Waals surface area (Å²) in [4.78, 5) is 0. The van der Waals surface area contributed by atoms with Crippen molar-refractivity contribution in [1.29, 1.82) is 0 Å². The van der Waals surface area contributed by atoms with Gasteiger partial charge in [0.05, 0.1) is 6.61 Å². The first-order valence-electron chi connectivity index (χ1n) is 9.03. The van der Waals surface area contributed by atoms with Crippen molar-refractivity contribution in [2.24, 2.45) is 0 Å². The lowest BCUT2D eigenvalue weighted by Gasteiger charge is -2.15. The Hall–Kier alpha value is -2.16. The highest BCUT2D eigenvalue weighted by atomic mass is 16.5. The number of benzene rings is 2. The molecule has 0 fully saturated rings. The maximum absolute atomic E-state index is 5.68. The largest absolute Gasteiger partial charge is 0.494 e. The molecule has 0 bridgehead atoms. The molecule has 2 aromatic carbocycles. The van der Waals surface area contributed by atoms with E-state index in [1.807, 2.05) is 12.1 Å². The normalized spacial score (nSPS) is 10.5. The summed E-state index contributed by atoms with van der Waals surface area (Å²) in [6.45, 7) is 9.10. The summed E-state index contributed by atoms with van der Waals surface area (Å²) in [6.07, 6.45) is 3.31. The molecule has 24 heavy (non-hydrogen) atoms. The predicted molar refractivity (Wildman–Crippen MR) is 104 cm³/mol. The molecule has 3 heteroatoms. The van der Waals surface area contributed by atoms with Gasteiger partial charge in [-0.1, -0.05) is 38.5 Å². The molecule has 0 aliphatic heterocycles. The van der Waals surface area contributed by atoms with Crippen LogP contribution in [0.1, 0.15) is 37.8 Å². The lowest BCUT2D eigenvalue weighted by atomic mass is 10.1. The summed E-state index contributed by atoms with van der Waals surface area (Å²) in [6, 6.07) is 14.7. The van der Waals surface area contributed by atoms with Crippen molar-refractivity contribution in [3.05, 3.63) is 53.6 Å². The Labute approximate surface area is 146 Å². The Morgan fingerprint density at radius 2 is 1.67 bits per heavy atom. The van der Waals surface area contributed by atoms with E-state index in [-0.39, 0.29) is 0 Å². The zero-order valence-electron chi connectivity index (χ0n) is 15.2. The first-order chi connectivity index (χ1) is 11.7. The molecule has 0 aromatic heterocycles. The third-order valence-electron chi connectivity index (χ3n) is 4.12. The average Bonchev–Trinajstić information content (AvgIpc) is 2.61. The number of unbranched alkanes of at least 4 members (excludes halogenated alkanes) is 1. The second-order valence-electron chi connectivity index (χ2n) is 6.04. The molecule has 0 aliphatic carbocycles. The summed E-state index contributed by atoms with van der Waals surface area (Å²) in [5.41, 5.74) is 5.09. The van der Waals surface area contributed by atoms with Crippen LogP contribution in [0.4, 0.5) is 11.4 Å². The molecule has 130 valence electrons. The smallest absolute Gasteiger partial charge is 0.119 e. The second kappa shape index (κ2) is 9.86. The van der Waals surface area contributed by atoms with Crippen LogP contribution in [-0.2, 0) is 6.42 Å². The number of hydrogen-bond acceptors (Lipinski definition) is 3. The van der Waals surface area contributed by atoms with E-state index in [1.54, 1.807) is 0 Å². The van der Waals surface area contributed by atoms with Crippen LogP contribution in [0.5, 0.6) is 5.75 Å². The zero-order valence-corrected chi connectivity index (χ0v) is 15.2. The molecule has 2 rings (SSSR count). The van der Waals surface area contributed by atoms with Crippen molar-refractivity contribution < 1.29 is 4.74 Å². The van der Waals surface area contributed by atoms with Crippen molar-refractivity contribution in [2.45, 2.75) is 40.0 Å². The van der Waals surface area contributed by atoms with Gasteiger partial charge in [0.15, 0.2) is 0 Å². The van der Waals surface area contributed by atoms with Gasteiger partial charge in [-0.15, -0.1) is 0 Å². The first kappa shape index (κ1) is 18.2. The second-order valence-corrected chi connectivity index (χ2v) is 6.04.